The van der Waals surface area contributed by atoms with E-state index in [4.69, 9.17) is 0 Å². The maximum atomic E-state index is 3.37. The fourth-order valence-electron chi connectivity index (χ4n) is 0.573. The number of hydrogen-bond acceptors (Lipinski definition) is 0. The molecule has 0 fully saturated rings. The van der Waals surface area contributed by atoms with Crippen molar-refractivity contribution in [2.75, 3.05) is 0 Å². The number of alkyl halides is 1. The van der Waals surface area contributed by atoms with Crippen molar-refractivity contribution >= 4 is 48.8 Å². The first-order chi connectivity index (χ1) is 4.33. The highest BCUT2D eigenvalue weighted by Crippen LogP contribution is 2.11. The van der Waals surface area contributed by atoms with E-state index in [1.807, 2.05) is 12.1 Å². The van der Waals surface area contributed by atoms with Crippen LogP contribution in [0.15, 0.2) is 28.7 Å². The molecule has 0 aliphatic heterocycles. The summed E-state index contributed by atoms with van der Waals surface area (Å²) in [5.74, 6) is 0. The second kappa shape index (κ2) is 5.33. The number of rotatable bonds is 1. The highest BCUT2D eigenvalue weighted by molar-refractivity contribution is 9.10. The van der Waals surface area contributed by atoms with Gasteiger partial charge in [0.05, 0.1) is 0 Å². The minimum atomic E-state index is 0. The Balaban J connectivity index is 0.000000810. The molecule has 1 rings (SSSR count). The van der Waals surface area contributed by atoms with Crippen LogP contribution in [0.25, 0.3) is 0 Å². The van der Waals surface area contributed by atoms with E-state index in [0.717, 1.165) is 9.80 Å². The lowest BCUT2D eigenvalue weighted by Gasteiger charge is -1.92. The van der Waals surface area contributed by atoms with Crippen molar-refractivity contribution in [2.24, 2.45) is 0 Å². The topological polar surface area (TPSA) is 0 Å². The Labute approximate surface area is 88.0 Å². The lowest BCUT2D eigenvalue weighted by atomic mass is 10.2. The number of benzene rings is 1. The van der Waals surface area contributed by atoms with Crippen LogP contribution in [0.4, 0.5) is 0 Å². The Bertz CT molecular complexity index is 181. The molecule has 0 amide bonds. The lowest BCUT2D eigenvalue weighted by molar-refractivity contribution is 1.43. The average molecular weight is 331 g/mol. The third-order valence-corrected chi connectivity index (χ3v) is 2.24. The van der Waals surface area contributed by atoms with Crippen molar-refractivity contribution in [3.63, 3.8) is 0 Å². The van der Waals surface area contributed by atoms with Crippen LogP contribution in [-0.2, 0) is 5.33 Å². The molecule has 3 heteroatoms. The molecule has 0 aromatic heterocycles. The first kappa shape index (κ1) is 10.7. The SMILES string of the molecule is Br.BrCc1ccc(Br)cc1. The van der Waals surface area contributed by atoms with Crippen LogP contribution >= 0.6 is 48.8 Å². The zero-order valence-electron chi connectivity index (χ0n) is 5.18. The van der Waals surface area contributed by atoms with Gasteiger partial charge in [0.15, 0.2) is 0 Å². The van der Waals surface area contributed by atoms with Gasteiger partial charge >= 0.3 is 0 Å². The molecule has 10 heavy (non-hydrogen) atoms. The van der Waals surface area contributed by atoms with Gasteiger partial charge in [-0.15, -0.1) is 17.0 Å². The van der Waals surface area contributed by atoms with Gasteiger partial charge in [-0.2, -0.15) is 0 Å². The molecule has 0 aliphatic carbocycles. The summed E-state index contributed by atoms with van der Waals surface area (Å²) in [5.41, 5.74) is 1.30. The molecular weight excluding hydrogens is 324 g/mol. The van der Waals surface area contributed by atoms with Crippen molar-refractivity contribution < 1.29 is 0 Å². The maximum Gasteiger partial charge on any atom is 0.0283 e. The Morgan fingerprint density at radius 2 is 1.60 bits per heavy atom. The molecule has 0 bridgehead atoms. The molecular formula is C7H7Br3. The largest absolute Gasteiger partial charge is 0.114 e. The normalized spacial score (nSPS) is 8.60. The lowest BCUT2D eigenvalue weighted by Crippen LogP contribution is -1.73. The molecule has 0 aliphatic rings. The molecule has 0 radical (unpaired) electrons. The molecule has 0 unspecified atom stereocenters. The quantitative estimate of drug-likeness (QED) is 0.685. The zero-order chi connectivity index (χ0) is 6.69. The highest BCUT2D eigenvalue weighted by Gasteiger charge is 1.86. The van der Waals surface area contributed by atoms with Crippen LogP contribution in [-0.4, -0.2) is 0 Å². The van der Waals surface area contributed by atoms with E-state index in [0.29, 0.717) is 0 Å². The predicted octanol–water partition coefficient (Wildman–Crippen LogP) is 3.92. The second-order valence-electron chi connectivity index (χ2n) is 1.76. The maximum absolute atomic E-state index is 3.37. The zero-order valence-corrected chi connectivity index (χ0v) is 10.1. The Morgan fingerprint density at radius 3 is 2.00 bits per heavy atom. The summed E-state index contributed by atoms with van der Waals surface area (Å²) in [6.07, 6.45) is 0. The monoisotopic (exact) mass is 328 g/mol. The molecule has 1 aromatic carbocycles. The summed E-state index contributed by atoms with van der Waals surface area (Å²) < 4.78 is 1.13. The average Bonchev–Trinajstić information content (AvgIpc) is 1.90. The van der Waals surface area contributed by atoms with E-state index in [1.165, 1.54) is 5.56 Å². The van der Waals surface area contributed by atoms with Crippen molar-refractivity contribution in [3.05, 3.63) is 34.3 Å². The van der Waals surface area contributed by atoms with E-state index in [9.17, 15) is 0 Å². The fourth-order valence-corrected chi connectivity index (χ4v) is 1.21. The van der Waals surface area contributed by atoms with E-state index >= 15 is 0 Å². The molecule has 0 spiro atoms. The minimum absolute atomic E-state index is 0. The summed E-state index contributed by atoms with van der Waals surface area (Å²) in [6.45, 7) is 0. The standard InChI is InChI=1S/C7H6Br2.BrH/c8-5-6-1-3-7(9)4-2-6;/h1-4H,5H2;1H. The Hall–Kier alpha value is 0.660. The molecule has 0 saturated heterocycles. The van der Waals surface area contributed by atoms with Crippen molar-refractivity contribution in [3.8, 4) is 0 Å². The van der Waals surface area contributed by atoms with Crippen molar-refractivity contribution in [1.82, 2.24) is 0 Å². The molecule has 0 N–H and O–H groups in total. The van der Waals surface area contributed by atoms with E-state index in [2.05, 4.69) is 44.0 Å². The third kappa shape index (κ3) is 3.17. The molecule has 1 aromatic rings. The van der Waals surface area contributed by atoms with Crippen molar-refractivity contribution in [1.29, 1.82) is 0 Å². The van der Waals surface area contributed by atoms with E-state index in [-0.39, 0.29) is 17.0 Å². The first-order valence-electron chi connectivity index (χ1n) is 2.63. The van der Waals surface area contributed by atoms with Crippen LogP contribution in [0.2, 0.25) is 0 Å². The van der Waals surface area contributed by atoms with Gasteiger partial charge in [0.25, 0.3) is 0 Å². The first-order valence-corrected chi connectivity index (χ1v) is 4.55. The van der Waals surface area contributed by atoms with E-state index < -0.39 is 0 Å². The van der Waals surface area contributed by atoms with Crippen LogP contribution < -0.4 is 0 Å². The number of halogens is 3. The molecule has 56 valence electrons. The molecule has 0 nitrogen and oxygen atoms in total. The predicted molar refractivity (Wildman–Crippen MR) is 57.1 cm³/mol. The molecule has 0 saturated carbocycles. The summed E-state index contributed by atoms with van der Waals surface area (Å²) >= 11 is 6.73. The highest BCUT2D eigenvalue weighted by atomic mass is 79.9. The van der Waals surface area contributed by atoms with Gasteiger partial charge in [0.1, 0.15) is 0 Å². The van der Waals surface area contributed by atoms with Crippen LogP contribution in [0, 0.1) is 0 Å². The minimum Gasteiger partial charge on any atom is -0.114 e. The number of hydrogen-bond donors (Lipinski definition) is 0. The molecule has 0 atom stereocenters. The van der Waals surface area contributed by atoms with Gasteiger partial charge in [0, 0.05) is 9.80 Å². The fraction of sp³-hybridized carbons (Fsp3) is 0.143. The molecule has 0 heterocycles. The Morgan fingerprint density at radius 1 is 1.10 bits per heavy atom. The van der Waals surface area contributed by atoms with E-state index in [1.54, 1.807) is 0 Å². The summed E-state index contributed by atoms with van der Waals surface area (Å²) in [6, 6.07) is 8.24. The van der Waals surface area contributed by atoms with Gasteiger partial charge in [-0.3, -0.25) is 0 Å². The van der Waals surface area contributed by atoms with Gasteiger partial charge in [-0.05, 0) is 17.7 Å². The Kier molecular flexibility index (Phi) is 5.68. The van der Waals surface area contributed by atoms with Gasteiger partial charge in [-0.25, -0.2) is 0 Å². The second-order valence-corrected chi connectivity index (χ2v) is 3.24. The summed E-state index contributed by atoms with van der Waals surface area (Å²) in [4.78, 5) is 0. The summed E-state index contributed by atoms with van der Waals surface area (Å²) in [7, 11) is 0. The van der Waals surface area contributed by atoms with Gasteiger partial charge in [-0.1, -0.05) is 44.0 Å². The van der Waals surface area contributed by atoms with Crippen molar-refractivity contribution in [2.45, 2.75) is 5.33 Å². The van der Waals surface area contributed by atoms with Crippen LogP contribution in [0.1, 0.15) is 5.56 Å². The van der Waals surface area contributed by atoms with Crippen LogP contribution in [0.5, 0.6) is 0 Å². The van der Waals surface area contributed by atoms with Gasteiger partial charge in [0.2, 0.25) is 0 Å². The van der Waals surface area contributed by atoms with Crippen LogP contribution in [0.3, 0.4) is 0 Å². The smallest absolute Gasteiger partial charge is 0.0283 e. The summed E-state index contributed by atoms with van der Waals surface area (Å²) in [5, 5.41) is 0.931. The van der Waals surface area contributed by atoms with Gasteiger partial charge < -0.3 is 0 Å². The third-order valence-electron chi connectivity index (χ3n) is 1.07.